The van der Waals surface area contributed by atoms with Gasteiger partial charge in [0, 0.05) is 24.7 Å². The van der Waals surface area contributed by atoms with E-state index in [-0.39, 0.29) is 18.1 Å². The highest BCUT2D eigenvalue weighted by atomic mass is 16.5. The maximum atomic E-state index is 12.0. The Morgan fingerprint density at radius 3 is 3.05 bits per heavy atom. The van der Waals surface area contributed by atoms with Crippen molar-refractivity contribution in [2.45, 2.75) is 31.6 Å². The van der Waals surface area contributed by atoms with Gasteiger partial charge in [-0.05, 0) is 30.5 Å². The van der Waals surface area contributed by atoms with Gasteiger partial charge in [0.15, 0.2) is 0 Å². The van der Waals surface area contributed by atoms with Gasteiger partial charge >= 0.3 is 0 Å². The molecular weight excluding hydrogens is 266 g/mol. The number of rotatable bonds is 4. The van der Waals surface area contributed by atoms with Crippen molar-refractivity contribution in [3.63, 3.8) is 0 Å². The second-order valence-electron chi connectivity index (χ2n) is 5.31. The molecule has 110 valence electrons. The van der Waals surface area contributed by atoms with Gasteiger partial charge in [0.25, 0.3) is 0 Å². The van der Waals surface area contributed by atoms with Crippen molar-refractivity contribution in [1.82, 2.24) is 10.3 Å². The second-order valence-corrected chi connectivity index (χ2v) is 5.31. The molecule has 0 spiro atoms. The van der Waals surface area contributed by atoms with Crippen LogP contribution in [-0.4, -0.2) is 29.6 Å². The minimum atomic E-state index is -0.369. The number of ether oxygens (including phenoxy) is 1. The van der Waals surface area contributed by atoms with Gasteiger partial charge in [0.2, 0.25) is 5.91 Å². The molecule has 1 aromatic heterocycles. The summed E-state index contributed by atoms with van der Waals surface area (Å²) < 4.78 is 5.58. The fourth-order valence-corrected chi connectivity index (χ4v) is 2.59. The van der Waals surface area contributed by atoms with Crippen LogP contribution in [0.1, 0.15) is 18.4 Å². The Bertz CT molecular complexity index is 644. The molecule has 1 saturated heterocycles. The molecule has 2 atom stereocenters. The highest BCUT2D eigenvalue weighted by Crippen LogP contribution is 2.19. The molecule has 1 aromatic carbocycles. The van der Waals surface area contributed by atoms with Gasteiger partial charge in [-0.25, -0.2) is 0 Å². The first-order valence-electron chi connectivity index (χ1n) is 7.23. The number of carbonyl (C=O) groups is 1. The monoisotopic (exact) mass is 285 g/mol. The minimum absolute atomic E-state index is 0.0167. The molecule has 5 heteroatoms. The van der Waals surface area contributed by atoms with Crippen LogP contribution < -0.4 is 11.1 Å². The highest BCUT2D eigenvalue weighted by Gasteiger charge is 2.29. The number of fused-ring (bicyclic) bond motifs is 1. The first-order valence-corrected chi connectivity index (χ1v) is 7.23. The summed E-state index contributed by atoms with van der Waals surface area (Å²) in [7, 11) is 0. The van der Waals surface area contributed by atoms with Crippen LogP contribution in [0, 0.1) is 0 Å². The van der Waals surface area contributed by atoms with Crippen molar-refractivity contribution in [2.75, 3.05) is 6.54 Å². The summed E-state index contributed by atoms with van der Waals surface area (Å²) in [5.74, 6) is -0.0703. The lowest BCUT2D eigenvalue weighted by atomic mass is 10.1. The van der Waals surface area contributed by atoms with E-state index in [1.807, 2.05) is 30.3 Å². The molecule has 1 aliphatic heterocycles. The zero-order chi connectivity index (χ0) is 14.7. The normalized spacial score (nSPS) is 21.6. The van der Waals surface area contributed by atoms with Crippen LogP contribution in [0.3, 0.4) is 0 Å². The Morgan fingerprint density at radius 1 is 1.38 bits per heavy atom. The third-order valence-corrected chi connectivity index (χ3v) is 3.78. The van der Waals surface area contributed by atoms with Gasteiger partial charge < -0.3 is 15.8 Å². The van der Waals surface area contributed by atoms with Gasteiger partial charge in [0.1, 0.15) is 6.10 Å². The molecule has 21 heavy (non-hydrogen) atoms. The standard InChI is InChI=1S/C16H19N3O2/c17-8-13-5-6-15(21-13)16(20)19-10-11-7-12-3-1-2-4-14(12)18-9-11/h1-4,7,9,13,15H,5-6,8,10,17H2,(H,19,20)/t13-,15+/m1/s1. The molecule has 2 heterocycles. The van der Waals surface area contributed by atoms with E-state index in [0.717, 1.165) is 29.3 Å². The number of para-hydroxylation sites is 1. The Kier molecular flexibility index (Phi) is 4.13. The van der Waals surface area contributed by atoms with Crippen LogP contribution in [0.15, 0.2) is 36.5 Å². The molecular formula is C16H19N3O2. The minimum Gasteiger partial charge on any atom is -0.364 e. The van der Waals surface area contributed by atoms with Crippen LogP contribution >= 0.6 is 0 Å². The average Bonchev–Trinajstić information content (AvgIpc) is 3.01. The average molecular weight is 285 g/mol. The Morgan fingerprint density at radius 2 is 2.24 bits per heavy atom. The topological polar surface area (TPSA) is 77.2 Å². The number of carbonyl (C=O) groups excluding carboxylic acids is 1. The summed E-state index contributed by atoms with van der Waals surface area (Å²) >= 11 is 0. The molecule has 5 nitrogen and oxygen atoms in total. The van der Waals surface area contributed by atoms with Gasteiger partial charge in [-0.3, -0.25) is 9.78 Å². The lowest BCUT2D eigenvalue weighted by Crippen LogP contribution is -2.35. The van der Waals surface area contributed by atoms with E-state index in [4.69, 9.17) is 10.5 Å². The molecule has 3 rings (SSSR count). The maximum Gasteiger partial charge on any atom is 0.249 e. The third-order valence-electron chi connectivity index (χ3n) is 3.78. The number of aromatic nitrogens is 1. The Balaban J connectivity index is 1.60. The van der Waals surface area contributed by atoms with E-state index in [1.165, 1.54) is 0 Å². The largest absolute Gasteiger partial charge is 0.364 e. The number of hydrogen-bond donors (Lipinski definition) is 2. The van der Waals surface area contributed by atoms with Gasteiger partial charge in [-0.15, -0.1) is 0 Å². The fraction of sp³-hybridized carbons (Fsp3) is 0.375. The van der Waals surface area contributed by atoms with E-state index in [1.54, 1.807) is 6.20 Å². The number of amides is 1. The summed E-state index contributed by atoms with van der Waals surface area (Å²) in [4.78, 5) is 16.4. The van der Waals surface area contributed by atoms with Crippen molar-refractivity contribution in [2.24, 2.45) is 5.73 Å². The lowest BCUT2D eigenvalue weighted by molar-refractivity contribution is -0.132. The molecule has 0 saturated carbocycles. The number of hydrogen-bond acceptors (Lipinski definition) is 4. The summed E-state index contributed by atoms with van der Waals surface area (Å²) in [6.45, 7) is 0.933. The number of benzene rings is 1. The number of nitrogens with two attached hydrogens (primary N) is 1. The van der Waals surface area contributed by atoms with Crippen molar-refractivity contribution < 1.29 is 9.53 Å². The summed E-state index contributed by atoms with van der Waals surface area (Å²) in [5.41, 5.74) is 7.49. The lowest BCUT2D eigenvalue weighted by Gasteiger charge is -2.12. The van der Waals surface area contributed by atoms with Crippen LogP contribution in [0.4, 0.5) is 0 Å². The van der Waals surface area contributed by atoms with Crippen molar-refractivity contribution in [3.8, 4) is 0 Å². The molecule has 0 aliphatic carbocycles. The smallest absolute Gasteiger partial charge is 0.249 e. The Labute approximate surface area is 123 Å². The molecule has 3 N–H and O–H groups in total. The Hall–Kier alpha value is -1.98. The van der Waals surface area contributed by atoms with E-state index in [0.29, 0.717) is 13.1 Å². The maximum absolute atomic E-state index is 12.0. The van der Waals surface area contributed by atoms with E-state index in [9.17, 15) is 4.79 Å². The van der Waals surface area contributed by atoms with Gasteiger partial charge in [0.05, 0.1) is 11.6 Å². The second kappa shape index (κ2) is 6.20. The SMILES string of the molecule is NC[C@H]1CC[C@@H](C(=O)NCc2cnc3ccccc3c2)O1. The van der Waals surface area contributed by atoms with Crippen LogP contribution in [0.2, 0.25) is 0 Å². The number of nitrogens with one attached hydrogen (secondary N) is 1. The molecule has 2 aromatic rings. The first-order chi connectivity index (χ1) is 10.3. The van der Waals surface area contributed by atoms with E-state index < -0.39 is 0 Å². The summed E-state index contributed by atoms with van der Waals surface area (Å²) in [5, 5.41) is 3.98. The fourth-order valence-electron chi connectivity index (χ4n) is 2.59. The van der Waals surface area contributed by atoms with E-state index in [2.05, 4.69) is 10.3 Å². The molecule has 1 fully saturated rings. The quantitative estimate of drug-likeness (QED) is 0.889. The molecule has 0 unspecified atom stereocenters. The van der Waals surface area contributed by atoms with Crippen LogP contribution in [-0.2, 0) is 16.1 Å². The van der Waals surface area contributed by atoms with Crippen molar-refractivity contribution in [1.29, 1.82) is 0 Å². The van der Waals surface area contributed by atoms with Crippen molar-refractivity contribution >= 4 is 16.8 Å². The first kappa shape index (κ1) is 14.0. The number of nitrogens with zero attached hydrogens (tertiary/aromatic N) is 1. The highest BCUT2D eigenvalue weighted by molar-refractivity contribution is 5.81. The number of pyridine rings is 1. The van der Waals surface area contributed by atoms with E-state index >= 15 is 0 Å². The van der Waals surface area contributed by atoms with Gasteiger partial charge in [-0.1, -0.05) is 18.2 Å². The molecule has 1 amide bonds. The van der Waals surface area contributed by atoms with Gasteiger partial charge in [-0.2, -0.15) is 0 Å². The third kappa shape index (κ3) is 3.20. The summed E-state index contributed by atoms with van der Waals surface area (Å²) in [6, 6.07) is 9.96. The van der Waals surface area contributed by atoms with Crippen LogP contribution in [0.25, 0.3) is 10.9 Å². The van der Waals surface area contributed by atoms with Crippen molar-refractivity contribution in [3.05, 3.63) is 42.1 Å². The molecule has 0 bridgehead atoms. The molecule has 1 aliphatic rings. The zero-order valence-corrected chi connectivity index (χ0v) is 11.8. The molecule has 0 radical (unpaired) electrons. The predicted molar refractivity (Wildman–Crippen MR) is 80.5 cm³/mol. The van der Waals surface area contributed by atoms with Crippen LogP contribution in [0.5, 0.6) is 0 Å². The predicted octanol–water partition coefficient (Wildman–Crippen LogP) is 1.36. The summed E-state index contributed by atoms with van der Waals surface area (Å²) in [6.07, 6.45) is 3.03. The zero-order valence-electron chi connectivity index (χ0n) is 11.8.